The molecule has 0 fully saturated rings. The Bertz CT molecular complexity index is 823. The van der Waals surface area contributed by atoms with Gasteiger partial charge in [0.15, 0.2) is 6.10 Å². The van der Waals surface area contributed by atoms with Crippen LogP contribution in [0.5, 0.6) is 5.75 Å². The lowest BCUT2D eigenvalue weighted by Crippen LogP contribution is -2.49. The topological polar surface area (TPSA) is 107 Å². The standard InChI is InChI=1S/C17H20N4O4S/c1-10-17(23)21(8-15(22)20-18)13-7-11(3-4-14(13)25-10)12-9-26-16(19-12)5-6-24-2/h3-4,7,9-10H,5-6,8,18H2,1-2H3,(H,20,22). The second kappa shape index (κ2) is 7.81. The van der Waals surface area contributed by atoms with Crippen LogP contribution in [0.25, 0.3) is 11.3 Å². The van der Waals surface area contributed by atoms with E-state index < -0.39 is 12.0 Å². The second-order valence-corrected chi connectivity index (χ2v) is 6.75. The zero-order chi connectivity index (χ0) is 18.7. The number of nitrogens with zero attached hydrogens (tertiary/aromatic N) is 2. The molecule has 0 radical (unpaired) electrons. The highest BCUT2D eigenvalue weighted by molar-refractivity contribution is 7.09. The highest BCUT2D eigenvalue weighted by Crippen LogP contribution is 2.37. The summed E-state index contributed by atoms with van der Waals surface area (Å²) in [6.45, 7) is 2.09. The normalized spacial score (nSPS) is 16.2. The number of methoxy groups -OCH3 is 1. The lowest BCUT2D eigenvalue weighted by Gasteiger charge is -2.32. The number of fused-ring (bicyclic) bond motifs is 1. The summed E-state index contributed by atoms with van der Waals surface area (Å²) >= 11 is 1.55. The van der Waals surface area contributed by atoms with E-state index in [1.54, 1.807) is 37.5 Å². The van der Waals surface area contributed by atoms with E-state index in [-0.39, 0.29) is 12.5 Å². The first-order chi connectivity index (χ1) is 12.5. The Morgan fingerprint density at radius 2 is 2.31 bits per heavy atom. The molecule has 0 bridgehead atoms. The van der Waals surface area contributed by atoms with Gasteiger partial charge in [-0.25, -0.2) is 10.8 Å². The fourth-order valence-electron chi connectivity index (χ4n) is 2.67. The van der Waals surface area contributed by atoms with Crippen LogP contribution in [0.3, 0.4) is 0 Å². The summed E-state index contributed by atoms with van der Waals surface area (Å²) in [4.78, 5) is 30.1. The van der Waals surface area contributed by atoms with Crippen LogP contribution in [0.1, 0.15) is 11.9 Å². The Morgan fingerprint density at radius 3 is 3.04 bits per heavy atom. The molecule has 3 rings (SSSR count). The van der Waals surface area contributed by atoms with Crippen molar-refractivity contribution in [2.75, 3.05) is 25.2 Å². The molecule has 1 atom stereocenters. The minimum atomic E-state index is -0.668. The monoisotopic (exact) mass is 376 g/mol. The van der Waals surface area contributed by atoms with E-state index in [4.69, 9.17) is 15.3 Å². The number of rotatable bonds is 6. The van der Waals surface area contributed by atoms with Crippen molar-refractivity contribution >= 4 is 28.8 Å². The maximum Gasteiger partial charge on any atom is 0.268 e. The van der Waals surface area contributed by atoms with E-state index in [1.165, 1.54) is 4.90 Å². The van der Waals surface area contributed by atoms with Crippen molar-refractivity contribution < 1.29 is 19.1 Å². The number of nitrogens with two attached hydrogens (primary N) is 1. The molecule has 1 aliphatic heterocycles. The number of amides is 2. The molecule has 138 valence electrons. The third-order valence-electron chi connectivity index (χ3n) is 4.00. The minimum absolute atomic E-state index is 0.171. The molecule has 0 spiro atoms. The van der Waals surface area contributed by atoms with Gasteiger partial charge in [0.2, 0.25) is 0 Å². The molecule has 2 heterocycles. The van der Waals surface area contributed by atoms with E-state index in [0.717, 1.165) is 22.7 Å². The van der Waals surface area contributed by atoms with Crippen LogP contribution in [-0.4, -0.2) is 43.2 Å². The molecule has 9 heteroatoms. The number of ether oxygens (including phenoxy) is 2. The predicted octanol–water partition coefficient (Wildman–Crippen LogP) is 1.10. The van der Waals surface area contributed by atoms with Crippen LogP contribution < -0.4 is 20.9 Å². The van der Waals surface area contributed by atoms with Gasteiger partial charge in [0.25, 0.3) is 11.8 Å². The van der Waals surface area contributed by atoms with E-state index in [1.807, 2.05) is 11.4 Å². The molecule has 0 saturated carbocycles. The molecule has 1 aromatic carbocycles. The van der Waals surface area contributed by atoms with Gasteiger partial charge < -0.3 is 9.47 Å². The van der Waals surface area contributed by atoms with Crippen molar-refractivity contribution in [3.8, 4) is 17.0 Å². The summed E-state index contributed by atoms with van der Waals surface area (Å²) in [5.41, 5.74) is 4.22. The largest absolute Gasteiger partial charge is 0.479 e. The molecule has 0 saturated heterocycles. The Balaban J connectivity index is 1.93. The Hall–Kier alpha value is -2.49. The van der Waals surface area contributed by atoms with Gasteiger partial charge >= 0.3 is 0 Å². The molecule has 2 aromatic rings. The third kappa shape index (κ3) is 3.69. The summed E-state index contributed by atoms with van der Waals surface area (Å²) < 4.78 is 10.7. The highest BCUT2D eigenvalue weighted by Gasteiger charge is 2.33. The number of hydrazine groups is 1. The molecule has 3 N–H and O–H groups in total. The number of thiazole rings is 1. The number of anilines is 1. The molecule has 8 nitrogen and oxygen atoms in total. The molecule has 1 aliphatic rings. The predicted molar refractivity (Wildman–Crippen MR) is 97.9 cm³/mol. The van der Waals surface area contributed by atoms with Crippen LogP contribution in [0.4, 0.5) is 5.69 Å². The van der Waals surface area contributed by atoms with Gasteiger partial charge in [0.05, 0.1) is 23.0 Å². The van der Waals surface area contributed by atoms with E-state index in [0.29, 0.717) is 18.0 Å². The Morgan fingerprint density at radius 1 is 1.50 bits per heavy atom. The smallest absolute Gasteiger partial charge is 0.268 e. The summed E-state index contributed by atoms with van der Waals surface area (Å²) in [6, 6.07) is 5.48. The molecular formula is C17H20N4O4S. The molecule has 0 aliphatic carbocycles. The SMILES string of the molecule is COCCc1nc(-c2ccc3c(c2)N(CC(=O)NN)C(=O)C(C)O3)cs1. The quantitative estimate of drug-likeness (QED) is 0.444. The van der Waals surface area contributed by atoms with E-state index in [9.17, 15) is 9.59 Å². The summed E-state index contributed by atoms with van der Waals surface area (Å²) in [6.07, 6.45) is 0.0763. The fraction of sp³-hybridized carbons (Fsp3) is 0.353. The average molecular weight is 376 g/mol. The lowest BCUT2D eigenvalue weighted by atomic mass is 10.1. The Kier molecular flexibility index (Phi) is 5.50. The number of carbonyl (C=O) groups excluding carboxylic acids is 2. The fourth-order valence-corrected chi connectivity index (χ4v) is 3.46. The van der Waals surface area contributed by atoms with Gasteiger partial charge in [0, 0.05) is 24.5 Å². The minimum Gasteiger partial charge on any atom is -0.479 e. The van der Waals surface area contributed by atoms with Crippen LogP contribution in [0, 0.1) is 0 Å². The molecule has 2 amide bonds. The van der Waals surface area contributed by atoms with E-state index in [2.05, 4.69) is 10.4 Å². The molecular weight excluding hydrogens is 356 g/mol. The average Bonchev–Trinajstić information content (AvgIpc) is 3.12. The van der Waals surface area contributed by atoms with Crippen LogP contribution in [0.15, 0.2) is 23.6 Å². The lowest BCUT2D eigenvalue weighted by molar-refractivity contribution is -0.128. The van der Waals surface area contributed by atoms with Gasteiger partial charge in [-0.1, -0.05) is 0 Å². The van der Waals surface area contributed by atoms with Crippen LogP contribution in [0.2, 0.25) is 0 Å². The van der Waals surface area contributed by atoms with Crippen molar-refractivity contribution in [3.05, 3.63) is 28.6 Å². The number of aromatic nitrogens is 1. The number of carbonyl (C=O) groups is 2. The zero-order valence-electron chi connectivity index (χ0n) is 14.5. The summed E-state index contributed by atoms with van der Waals surface area (Å²) in [7, 11) is 1.65. The first-order valence-corrected chi connectivity index (χ1v) is 8.96. The number of nitrogens with one attached hydrogen (secondary N) is 1. The van der Waals surface area contributed by atoms with E-state index >= 15 is 0 Å². The van der Waals surface area contributed by atoms with Crippen molar-refractivity contribution in [3.63, 3.8) is 0 Å². The van der Waals surface area contributed by atoms with Crippen molar-refractivity contribution in [1.82, 2.24) is 10.4 Å². The highest BCUT2D eigenvalue weighted by atomic mass is 32.1. The summed E-state index contributed by atoms with van der Waals surface area (Å²) in [5.74, 6) is 4.95. The van der Waals surface area contributed by atoms with Crippen molar-refractivity contribution in [2.24, 2.45) is 5.84 Å². The Labute approximate surface area is 154 Å². The third-order valence-corrected chi connectivity index (χ3v) is 4.91. The van der Waals surface area contributed by atoms with Gasteiger partial charge in [-0.2, -0.15) is 0 Å². The maximum atomic E-state index is 12.5. The zero-order valence-corrected chi connectivity index (χ0v) is 15.3. The van der Waals surface area contributed by atoms with Crippen molar-refractivity contribution in [2.45, 2.75) is 19.4 Å². The van der Waals surface area contributed by atoms with Gasteiger partial charge in [-0.15, -0.1) is 11.3 Å². The van der Waals surface area contributed by atoms with Crippen molar-refractivity contribution in [1.29, 1.82) is 0 Å². The first-order valence-electron chi connectivity index (χ1n) is 8.08. The molecule has 1 aromatic heterocycles. The number of hydrogen-bond donors (Lipinski definition) is 2. The summed E-state index contributed by atoms with van der Waals surface area (Å²) in [5, 5.41) is 2.93. The molecule has 1 unspecified atom stereocenters. The van der Waals surface area contributed by atoms with Gasteiger partial charge in [0.1, 0.15) is 12.3 Å². The molecule has 26 heavy (non-hydrogen) atoms. The maximum absolute atomic E-state index is 12.5. The second-order valence-electron chi connectivity index (χ2n) is 5.80. The van der Waals surface area contributed by atoms with Crippen LogP contribution >= 0.6 is 11.3 Å². The first kappa shape index (κ1) is 18.3. The van der Waals surface area contributed by atoms with Gasteiger partial charge in [-0.05, 0) is 25.1 Å². The van der Waals surface area contributed by atoms with Crippen LogP contribution in [-0.2, 0) is 20.7 Å². The number of hydrogen-bond acceptors (Lipinski definition) is 7. The number of benzene rings is 1. The van der Waals surface area contributed by atoms with Gasteiger partial charge in [-0.3, -0.25) is 19.9 Å².